The largest absolute Gasteiger partial charge is 0.478 e. The van der Waals surface area contributed by atoms with E-state index < -0.39 is 5.97 Å². The van der Waals surface area contributed by atoms with Gasteiger partial charge in [0, 0.05) is 11.7 Å². The second-order valence-electron chi connectivity index (χ2n) is 5.69. The summed E-state index contributed by atoms with van der Waals surface area (Å²) in [6.45, 7) is 6.54. The van der Waals surface area contributed by atoms with Gasteiger partial charge in [-0.3, -0.25) is 0 Å². The first kappa shape index (κ1) is 13.9. The second-order valence-corrected chi connectivity index (χ2v) is 5.69. The Balaban J connectivity index is 2.10. The number of hydrogen-bond donors (Lipinski definition) is 2. The number of hydrogen-bond acceptors (Lipinski definition) is 2. The molecule has 1 aliphatic carbocycles. The molecule has 3 unspecified atom stereocenters. The molecule has 0 bridgehead atoms. The lowest BCUT2D eigenvalue weighted by molar-refractivity contribution is 0.0697. The molecule has 1 saturated carbocycles. The maximum Gasteiger partial charge on any atom is 0.335 e. The van der Waals surface area contributed by atoms with Crippen molar-refractivity contribution in [3.8, 4) is 0 Å². The molecule has 1 fully saturated rings. The van der Waals surface area contributed by atoms with Gasteiger partial charge in [0.2, 0.25) is 0 Å². The number of nitrogens with one attached hydrogen (secondary N) is 1. The number of carboxylic acid groups (broad SMARTS) is 1. The van der Waals surface area contributed by atoms with E-state index in [2.05, 4.69) is 19.2 Å². The van der Waals surface area contributed by atoms with Gasteiger partial charge < -0.3 is 10.4 Å². The van der Waals surface area contributed by atoms with Crippen LogP contribution >= 0.6 is 0 Å². The highest BCUT2D eigenvalue weighted by Crippen LogP contribution is 2.36. The van der Waals surface area contributed by atoms with Crippen LogP contribution in [0.1, 0.15) is 49.0 Å². The normalized spacial score (nSPS) is 26.4. The zero-order valence-corrected chi connectivity index (χ0v) is 11.9. The highest BCUT2D eigenvalue weighted by atomic mass is 16.4. The zero-order chi connectivity index (χ0) is 14.0. The molecule has 1 aromatic rings. The number of anilines is 1. The summed E-state index contributed by atoms with van der Waals surface area (Å²) in [5, 5.41) is 12.6. The van der Waals surface area contributed by atoms with Crippen LogP contribution in [0.2, 0.25) is 0 Å². The molecule has 0 aliphatic heterocycles. The predicted octanol–water partition coefficient (Wildman–Crippen LogP) is 3.93. The summed E-state index contributed by atoms with van der Waals surface area (Å²) in [5.74, 6) is 0.634. The Morgan fingerprint density at radius 3 is 2.68 bits per heavy atom. The SMILES string of the molecule is CCC1CCC(Nc2ccc(C(=O)O)cc2C)C1C. The van der Waals surface area contributed by atoms with Crippen molar-refractivity contribution in [3.63, 3.8) is 0 Å². The minimum absolute atomic E-state index is 0.356. The molecule has 3 nitrogen and oxygen atoms in total. The van der Waals surface area contributed by atoms with Crippen LogP contribution in [0.3, 0.4) is 0 Å². The van der Waals surface area contributed by atoms with E-state index in [1.807, 2.05) is 13.0 Å². The van der Waals surface area contributed by atoms with Crippen LogP contribution in [0.5, 0.6) is 0 Å². The molecule has 1 aromatic carbocycles. The summed E-state index contributed by atoms with van der Waals surface area (Å²) in [7, 11) is 0. The van der Waals surface area contributed by atoms with Gasteiger partial charge in [-0.25, -0.2) is 4.79 Å². The van der Waals surface area contributed by atoms with E-state index in [1.165, 1.54) is 19.3 Å². The number of aryl methyl sites for hydroxylation is 1. The molecule has 0 aromatic heterocycles. The molecule has 0 heterocycles. The van der Waals surface area contributed by atoms with Gasteiger partial charge in [-0.2, -0.15) is 0 Å². The van der Waals surface area contributed by atoms with E-state index in [0.29, 0.717) is 17.5 Å². The lowest BCUT2D eigenvalue weighted by atomic mass is 9.93. The van der Waals surface area contributed by atoms with Crippen molar-refractivity contribution in [2.45, 2.75) is 46.1 Å². The highest BCUT2D eigenvalue weighted by Gasteiger charge is 2.31. The summed E-state index contributed by atoms with van der Waals surface area (Å²) in [6.07, 6.45) is 3.75. The number of aromatic carboxylic acids is 1. The number of rotatable bonds is 4. The van der Waals surface area contributed by atoms with Gasteiger partial charge in [-0.15, -0.1) is 0 Å². The lowest BCUT2D eigenvalue weighted by Gasteiger charge is -2.23. The Hall–Kier alpha value is -1.51. The fourth-order valence-corrected chi connectivity index (χ4v) is 3.19. The van der Waals surface area contributed by atoms with E-state index in [1.54, 1.807) is 12.1 Å². The van der Waals surface area contributed by atoms with Crippen molar-refractivity contribution in [1.29, 1.82) is 0 Å². The highest BCUT2D eigenvalue weighted by molar-refractivity contribution is 5.88. The summed E-state index contributed by atoms with van der Waals surface area (Å²) < 4.78 is 0. The third-order valence-electron chi connectivity index (χ3n) is 4.57. The third kappa shape index (κ3) is 2.91. The smallest absolute Gasteiger partial charge is 0.335 e. The quantitative estimate of drug-likeness (QED) is 0.863. The van der Waals surface area contributed by atoms with Crippen LogP contribution in [0.4, 0.5) is 5.69 Å². The average molecular weight is 261 g/mol. The minimum atomic E-state index is -0.866. The monoisotopic (exact) mass is 261 g/mol. The zero-order valence-electron chi connectivity index (χ0n) is 11.9. The summed E-state index contributed by atoms with van der Waals surface area (Å²) in [4.78, 5) is 10.9. The van der Waals surface area contributed by atoms with Crippen molar-refractivity contribution in [3.05, 3.63) is 29.3 Å². The van der Waals surface area contributed by atoms with Crippen LogP contribution in [0.25, 0.3) is 0 Å². The van der Waals surface area contributed by atoms with Crippen molar-refractivity contribution in [2.24, 2.45) is 11.8 Å². The summed E-state index contributed by atoms with van der Waals surface area (Å²) in [5.41, 5.74) is 2.43. The van der Waals surface area contributed by atoms with Crippen LogP contribution in [-0.4, -0.2) is 17.1 Å². The molecule has 2 rings (SSSR count). The van der Waals surface area contributed by atoms with Crippen molar-refractivity contribution in [2.75, 3.05) is 5.32 Å². The van der Waals surface area contributed by atoms with Gasteiger partial charge in [-0.1, -0.05) is 20.3 Å². The molecule has 3 heteroatoms. The van der Waals surface area contributed by atoms with Gasteiger partial charge in [0.1, 0.15) is 0 Å². The standard InChI is InChI=1S/C16H23NO2/c1-4-12-5-8-15(11(12)3)17-14-7-6-13(16(18)19)9-10(14)2/h6-7,9,11-12,15,17H,4-5,8H2,1-3H3,(H,18,19). The molecule has 3 atom stereocenters. The van der Waals surface area contributed by atoms with Crippen molar-refractivity contribution >= 4 is 11.7 Å². The summed E-state index contributed by atoms with van der Waals surface area (Å²) >= 11 is 0. The molecule has 0 radical (unpaired) electrons. The third-order valence-corrected chi connectivity index (χ3v) is 4.57. The molecular formula is C16H23NO2. The molecule has 0 amide bonds. The summed E-state index contributed by atoms with van der Waals surface area (Å²) in [6, 6.07) is 5.82. The van der Waals surface area contributed by atoms with Gasteiger partial charge in [0.25, 0.3) is 0 Å². The predicted molar refractivity (Wildman–Crippen MR) is 77.7 cm³/mol. The van der Waals surface area contributed by atoms with Crippen LogP contribution in [0.15, 0.2) is 18.2 Å². The molecule has 19 heavy (non-hydrogen) atoms. The maximum absolute atomic E-state index is 10.9. The lowest BCUT2D eigenvalue weighted by Crippen LogP contribution is -2.25. The number of benzene rings is 1. The molecule has 0 saturated heterocycles. The van der Waals surface area contributed by atoms with Gasteiger partial charge in [-0.05, 0) is 55.4 Å². The Morgan fingerprint density at radius 2 is 2.16 bits per heavy atom. The molecule has 1 aliphatic rings. The molecule has 0 spiro atoms. The van der Waals surface area contributed by atoms with Gasteiger partial charge in [0.05, 0.1) is 5.56 Å². The van der Waals surface area contributed by atoms with E-state index in [0.717, 1.165) is 17.2 Å². The first-order chi connectivity index (χ1) is 9.02. The number of carboxylic acids is 1. The Morgan fingerprint density at radius 1 is 1.42 bits per heavy atom. The van der Waals surface area contributed by atoms with Crippen molar-refractivity contribution < 1.29 is 9.90 Å². The second kappa shape index (κ2) is 5.64. The average Bonchev–Trinajstić information content (AvgIpc) is 2.72. The minimum Gasteiger partial charge on any atom is -0.478 e. The van der Waals surface area contributed by atoms with Gasteiger partial charge >= 0.3 is 5.97 Å². The van der Waals surface area contributed by atoms with Crippen LogP contribution in [0, 0.1) is 18.8 Å². The van der Waals surface area contributed by atoms with Crippen LogP contribution in [-0.2, 0) is 0 Å². The first-order valence-corrected chi connectivity index (χ1v) is 7.13. The van der Waals surface area contributed by atoms with Crippen LogP contribution < -0.4 is 5.32 Å². The van der Waals surface area contributed by atoms with Gasteiger partial charge in [0.15, 0.2) is 0 Å². The Labute approximate surface area is 115 Å². The fourth-order valence-electron chi connectivity index (χ4n) is 3.19. The van der Waals surface area contributed by atoms with E-state index in [-0.39, 0.29) is 0 Å². The van der Waals surface area contributed by atoms with E-state index in [9.17, 15) is 4.79 Å². The van der Waals surface area contributed by atoms with E-state index >= 15 is 0 Å². The Bertz CT molecular complexity index is 470. The van der Waals surface area contributed by atoms with E-state index in [4.69, 9.17) is 5.11 Å². The van der Waals surface area contributed by atoms with Crippen molar-refractivity contribution in [1.82, 2.24) is 0 Å². The number of carbonyl (C=O) groups is 1. The first-order valence-electron chi connectivity index (χ1n) is 7.13. The molecule has 2 N–H and O–H groups in total. The molecule has 104 valence electrons. The fraction of sp³-hybridized carbons (Fsp3) is 0.562. The topological polar surface area (TPSA) is 49.3 Å². The Kier molecular flexibility index (Phi) is 4.13. The maximum atomic E-state index is 10.9. The molecular weight excluding hydrogens is 238 g/mol.